The SMILES string of the molecule is CCC(C)(CO)NC(=O)Nc1cc(F)c(F)c(F)c1. The van der Waals surface area contributed by atoms with Gasteiger partial charge < -0.3 is 15.7 Å². The van der Waals surface area contributed by atoms with E-state index >= 15 is 0 Å². The molecule has 0 saturated heterocycles. The van der Waals surface area contributed by atoms with Crippen molar-refractivity contribution in [2.45, 2.75) is 25.8 Å². The number of amides is 2. The first-order valence-electron chi connectivity index (χ1n) is 5.66. The predicted molar refractivity (Wildman–Crippen MR) is 64.3 cm³/mol. The van der Waals surface area contributed by atoms with Gasteiger partial charge in [0.1, 0.15) is 0 Å². The molecule has 0 aliphatic rings. The van der Waals surface area contributed by atoms with Gasteiger partial charge >= 0.3 is 6.03 Å². The molecule has 0 saturated carbocycles. The molecule has 3 N–H and O–H groups in total. The molecule has 1 aromatic rings. The van der Waals surface area contributed by atoms with E-state index in [1.165, 1.54) is 0 Å². The van der Waals surface area contributed by atoms with Crippen molar-refractivity contribution in [1.82, 2.24) is 5.32 Å². The number of urea groups is 1. The second-order valence-electron chi connectivity index (χ2n) is 4.41. The molecule has 0 radical (unpaired) electrons. The van der Waals surface area contributed by atoms with E-state index < -0.39 is 29.0 Å². The Hall–Kier alpha value is -1.76. The zero-order valence-corrected chi connectivity index (χ0v) is 10.6. The first-order valence-corrected chi connectivity index (χ1v) is 5.66. The number of carbonyl (C=O) groups is 1. The Morgan fingerprint density at radius 1 is 1.32 bits per heavy atom. The summed E-state index contributed by atoms with van der Waals surface area (Å²) in [6, 6.07) is 0.587. The summed E-state index contributed by atoms with van der Waals surface area (Å²) < 4.78 is 38.6. The largest absolute Gasteiger partial charge is 0.394 e. The van der Waals surface area contributed by atoms with Crippen molar-refractivity contribution in [2.75, 3.05) is 11.9 Å². The highest BCUT2D eigenvalue weighted by molar-refractivity contribution is 5.89. The molecule has 7 heteroatoms. The average Bonchev–Trinajstić information content (AvgIpc) is 2.35. The number of aliphatic hydroxyl groups is 1. The summed E-state index contributed by atoms with van der Waals surface area (Å²) in [6.07, 6.45) is 0.461. The Morgan fingerprint density at radius 3 is 2.26 bits per heavy atom. The Kier molecular flexibility index (Phi) is 4.77. The normalized spacial score (nSPS) is 13.8. The number of nitrogens with one attached hydrogen (secondary N) is 2. The zero-order valence-electron chi connectivity index (χ0n) is 10.6. The summed E-state index contributed by atoms with van der Waals surface area (Å²) in [5.41, 5.74) is -1.06. The number of benzene rings is 1. The van der Waals surface area contributed by atoms with Crippen LogP contribution in [0.4, 0.5) is 23.7 Å². The van der Waals surface area contributed by atoms with Crippen LogP contribution in [0.15, 0.2) is 12.1 Å². The maximum absolute atomic E-state index is 12.9. The highest BCUT2D eigenvalue weighted by Crippen LogP contribution is 2.17. The highest BCUT2D eigenvalue weighted by Gasteiger charge is 2.23. The van der Waals surface area contributed by atoms with E-state index in [1.54, 1.807) is 13.8 Å². The Balaban J connectivity index is 2.78. The van der Waals surface area contributed by atoms with Gasteiger partial charge in [-0.15, -0.1) is 0 Å². The van der Waals surface area contributed by atoms with Crippen molar-refractivity contribution in [3.8, 4) is 0 Å². The van der Waals surface area contributed by atoms with Crippen LogP contribution < -0.4 is 10.6 Å². The predicted octanol–water partition coefficient (Wildman–Crippen LogP) is 2.39. The van der Waals surface area contributed by atoms with Crippen LogP contribution in [0.2, 0.25) is 0 Å². The number of halogens is 3. The molecule has 0 spiro atoms. The molecule has 4 nitrogen and oxygen atoms in total. The van der Waals surface area contributed by atoms with Crippen molar-refractivity contribution < 1.29 is 23.1 Å². The van der Waals surface area contributed by atoms with E-state index in [4.69, 9.17) is 5.11 Å². The molecular formula is C12H15F3N2O2. The number of rotatable bonds is 4. The van der Waals surface area contributed by atoms with Gasteiger partial charge in [-0.1, -0.05) is 6.92 Å². The fourth-order valence-electron chi connectivity index (χ4n) is 1.30. The summed E-state index contributed by atoms with van der Waals surface area (Å²) >= 11 is 0. The molecule has 0 heterocycles. The maximum atomic E-state index is 12.9. The third-order valence-corrected chi connectivity index (χ3v) is 2.79. The first kappa shape index (κ1) is 15.3. The topological polar surface area (TPSA) is 61.4 Å². The second-order valence-corrected chi connectivity index (χ2v) is 4.41. The van der Waals surface area contributed by atoms with Crippen molar-refractivity contribution in [1.29, 1.82) is 0 Å². The van der Waals surface area contributed by atoms with E-state index in [0.717, 1.165) is 0 Å². The van der Waals surface area contributed by atoms with Crippen LogP contribution >= 0.6 is 0 Å². The van der Waals surface area contributed by atoms with Crippen LogP contribution in [0, 0.1) is 17.5 Å². The minimum absolute atomic E-state index is 0.217. The van der Waals surface area contributed by atoms with Gasteiger partial charge in [-0.05, 0) is 13.3 Å². The lowest BCUT2D eigenvalue weighted by Gasteiger charge is -2.27. The molecule has 0 aromatic heterocycles. The highest BCUT2D eigenvalue weighted by atomic mass is 19.2. The molecule has 1 unspecified atom stereocenters. The van der Waals surface area contributed by atoms with Crippen LogP contribution in [0.5, 0.6) is 0 Å². The molecule has 0 aliphatic heterocycles. The molecule has 106 valence electrons. The Labute approximate surface area is 108 Å². The fraction of sp³-hybridized carbons (Fsp3) is 0.417. The summed E-state index contributed by atoms with van der Waals surface area (Å²) in [4.78, 5) is 11.6. The van der Waals surface area contributed by atoms with E-state index in [-0.39, 0.29) is 12.3 Å². The summed E-state index contributed by atoms with van der Waals surface area (Å²) in [5, 5.41) is 13.7. The summed E-state index contributed by atoms with van der Waals surface area (Å²) in [6.45, 7) is 3.08. The van der Waals surface area contributed by atoms with Gasteiger partial charge in [-0.2, -0.15) is 0 Å². The van der Waals surface area contributed by atoms with Gasteiger partial charge in [0.25, 0.3) is 0 Å². The average molecular weight is 276 g/mol. The zero-order chi connectivity index (χ0) is 14.6. The van der Waals surface area contributed by atoms with Crippen LogP contribution in [-0.2, 0) is 0 Å². The molecule has 0 aliphatic carbocycles. The third kappa shape index (κ3) is 3.85. The lowest BCUT2D eigenvalue weighted by Crippen LogP contribution is -2.50. The van der Waals surface area contributed by atoms with Gasteiger partial charge in [0, 0.05) is 17.8 Å². The Morgan fingerprint density at radius 2 is 1.84 bits per heavy atom. The molecule has 1 rings (SSSR count). The molecule has 1 aromatic carbocycles. The Bertz CT molecular complexity index is 453. The minimum atomic E-state index is -1.60. The lowest BCUT2D eigenvalue weighted by molar-refractivity contribution is 0.172. The van der Waals surface area contributed by atoms with Gasteiger partial charge in [0.2, 0.25) is 0 Å². The van der Waals surface area contributed by atoms with Gasteiger partial charge in [-0.3, -0.25) is 0 Å². The molecule has 0 bridgehead atoms. The molecule has 19 heavy (non-hydrogen) atoms. The third-order valence-electron chi connectivity index (χ3n) is 2.79. The fourth-order valence-corrected chi connectivity index (χ4v) is 1.30. The summed E-state index contributed by atoms with van der Waals surface area (Å²) in [5.74, 6) is -4.38. The maximum Gasteiger partial charge on any atom is 0.319 e. The second kappa shape index (κ2) is 5.92. The number of carbonyl (C=O) groups excluding carboxylic acids is 1. The number of aliphatic hydroxyl groups excluding tert-OH is 1. The molecule has 0 fully saturated rings. The van der Waals surface area contributed by atoms with E-state index in [0.29, 0.717) is 18.6 Å². The minimum Gasteiger partial charge on any atom is -0.394 e. The van der Waals surface area contributed by atoms with E-state index in [2.05, 4.69) is 10.6 Å². The van der Waals surface area contributed by atoms with E-state index in [9.17, 15) is 18.0 Å². The van der Waals surface area contributed by atoms with Crippen molar-refractivity contribution in [3.63, 3.8) is 0 Å². The molecule has 1 atom stereocenters. The quantitative estimate of drug-likeness (QED) is 0.739. The molecular weight excluding hydrogens is 261 g/mol. The first-order chi connectivity index (χ1) is 8.81. The van der Waals surface area contributed by atoms with Gasteiger partial charge in [-0.25, -0.2) is 18.0 Å². The van der Waals surface area contributed by atoms with Crippen molar-refractivity contribution in [2.24, 2.45) is 0 Å². The van der Waals surface area contributed by atoms with E-state index in [1.807, 2.05) is 0 Å². The van der Waals surface area contributed by atoms with Crippen molar-refractivity contribution in [3.05, 3.63) is 29.6 Å². The smallest absolute Gasteiger partial charge is 0.319 e. The van der Waals surface area contributed by atoms with Crippen LogP contribution in [-0.4, -0.2) is 23.3 Å². The molecule has 2 amide bonds. The number of hydrogen-bond donors (Lipinski definition) is 3. The van der Waals surface area contributed by atoms with Crippen LogP contribution in [0.3, 0.4) is 0 Å². The van der Waals surface area contributed by atoms with Crippen LogP contribution in [0.25, 0.3) is 0 Å². The number of anilines is 1. The summed E-state index contributed by atoms with van der Waals surface area (Å²) in [7, 11) is 0. The standard InChI is InChI=1S/C12H15F3N2O2/c1-3-12(2,6-18)17-11(19)16-7-4-8(13)10(15)9(14)5-7/h4-5,18H,3,6H2,1-2H3,(H2,16,17,19). The number of hydrogen-bond acceptors (Lipinski definition) is 2. The monoisotopic (exact) mass is 276 g/mol. The van der Waals surface area contributed by atoms with Gasteiger partial charge in [0.05, 0.1) is 12.1 Å². The van der Waals surface area contributed by atoms with Crippen molar-refractivity contribution >= 4 is 11.7 Å². The van der Waals surface area contributed by atoms with Gasteiger partial charge in [0.15, 0.2) is 17.5 Å². The van der Waals surface area contributed by atoms with Crippen LogP contribution in [0.1, 0.15) is 20.3 Å². The lowest BCUT2D eigenvalue weighted by atomic mass is 10.0.